The molecule has 0 aromatic heterocycles. The van der Waals surface area contributed by atoms with Crippen molar-refractivity contribution in [3.63, 3.8) is 0 Å². The van der Waals surface area contributed by atoms with Crippen LogP contribution in [0.4, 0.5) is 5.69 Å². The molecule has 2 rings (SSSR count). The van der Waals surface area contributed by atoms with Crippen LogP contribution in [0.1, 0.15) is 21.5 Å². The minimum Gasteiger partial charge on any atom is -0.452 e. The topological polar surface area (TPSA) is 88.4 Å². The monoisotopic (exact) mass is 370 g/mol. The van der Waals surface area contributed by atoms with E-state index in [2.05, 4.69) is 5.32 Å². The zero-order chi connectivity index (χ0) is 18.9. The lowest BCUT2D eigenvalue weighted by molar-refractivity contribution is -0.119. The molecule has 6 nitrogen and oxygen atoms in total. The van der Waals surface area contributed by atoms with Crippen LogP contribution in [-0.2, 0) is 20.9 Å². The number of nitrogens with one attached hydrogen (secondary N) is 1. The van der Waals surface area contributed by atoms with E-state index in [1.807, 2.05) is 18.4 Å². The maximum absolute atomic E-state index is 12.1. The predicted molar refractivity (Wildman–Crippen MR) is 98.7 cm³/mol. The highest BCUT2D eigenvalue weighted by Crippen LogP contribution is 2.23. The summed E-state index contributed by atoms with van der Waals surface area (Å²) >= 11 is 1.05. The Morgan fingerprint density at radius 1 is 1.23 bits per heavy atom. The van der Waals surface area contributed by atoms with Gasteiger partial charge in [0.15, 0.2) is 6.61 Å². The predicted octanol–water partition coefficient (Wildman–Crippen LogP) is 3.51. The number of rotatable bonds is 7. The quantitative estimate of drug-likeness (QED) is 0.456. The van der Waals surface area contributed by atoms with Crippen molar-refractivity contribution in [1.29, 1.82) is 5.26 Å². The Morgan fingerprint density at radius 2 is 2.04 bits per heavy atom. The molecule has 7 heteroatoms. The first-order valence-corrected chi connectivity index (χ1v) is 8.56. The average Bonchev–Trinajstić information content (AvgIpc) is 2.63. The number of thioether (sulfide) groups is 1. The summed E-state index contributed by atoms with van der Waals surface area (Å²) in [5.74, 6) is -1.01. The van der Waals surface area contributed by atoms with Gasteiger partial charge in [-0.25, -0.2) is 4.79 Å². The number of aryl methyl sites for hydroxylation is 1. The first kappa shape index (κ1) is 19.5. The third-order valence-corrected chi connectivity index (χ3v) is 4.02. The molecule has 0 bridgehead atoms. The van der Waals surface area contributed by atoms with E-state index in [0.717, 1.165) is 27.8 Å². The maximum atomic E-state index is 12.1. The zero-order valence-corrected chi connectivity index (χ0v) is 15.3. The van der Waals surface area contributed by atoms with Gasteiger partial charge in [0.25, 0.3) is 5.91 Å². The van der Waals surface area contributed by atoms with E-state index in [1.54, 1.807) is 43.5 Å². The van der Waals surface area contributed by atoms with Gasteiger partial charge in [0.1, 0.15) is 5.40 Å². The van der Waals surface area contributed by atoms with Crippen LogP contribution in [0.2, 0.25) is 0 Å². The lowest BCUT2D eigenvalue weighted by Crippen LogP contribution is -2.21. The van der Waals surface area contributed by atoms with Gasteiger partial charge < -0.3 is 14.8 Å². The summed E-state index contributed by atoms with van der Waals surface area (Å²) < 4.78 is 10.1. The second-order valence-electron chi connectivity index (χ2n) is 5.43. The highest BCUT2D eigenvalue weighted by atomic mass is 32.2. The Bertz CT molecular complexity index is 846. The highest BCUT2D eigenvalue weighted by molar-refractivity contribution is 8.03. The first-order chi connectivity index (χ1) is 12.5. The molecule has 0 saturated heterocycles. The molecule has 1 N–H and O–H groups in total. The molecule has 0 saturated carbocycles. The van der Waals surface area contributed by atoms with Crippen LogP contribution in [0, 0.1) is 17.6 Å². The molecule has 0 unspecified atom stereocenters. The molecular weight excluding hydrogens is 352 g/mol. The number of amides is 1. The molecule has 0 aliphatic heterocycles. The van der Waals surface area contributed by atoms with Crippen molar-refractivity contribution in [2.24, 2.45) is 0 Å². The largest absolute Gasteiger partial charge is 0.452 e. The van der Waals surface area contributed by atoms with Crippen molar-refractivity contribution in [2.45, 2.75) is 18.4 Å². The number of carbonyl (C=O) groups excluding carboxylic acids is 2. The zero-order valence-electron chi connectivity index (χ0n) is 14.4. The molecule has 1 amide bonds. The molecule has 0 aliphatic rings. The van der Waals surface area contributed by atoms with Crippen LogP contribution in [0.25, 0.3) is 0 Å². The molecule has 0 spiro atoms. The number of carbonyl (C=O) groups is 2. The summed E-state index contributed by atoms with van der Waals surface area (Å²) in [5.41, 5.74) is 2.63. The smallest absolute Gasteiger partial charge is 0.338 e. The molecule has 26 heavy (non-hydrogen) atoms. The summed E-state index contributed by atoms with van der Waals surface area (Å²) in [6.45, 7) is 1.83. The van der Waals surface area contributed by atoms with E-state index >= 15 is 0 Å². The third-order valence-electron chi connectivity index (χ3n) is 3.44. The standard InChI is InChI=1S/C19H18N2O4S/c1-13-8-16(26-12-20)6-7-17(13)21-18(22)11-25-19(23)15-5-3-4-14(9-15)10-24-2/h3-9H,10-11H2,1-2H3,(H,21,22). The fourth-order valence-corrected chi connectivity index (χ4v) is 2.73. The van der Waals surface area contributed by atoms with Gasteiger partial charge in [-0.15, -0.1) is 0 Å². The SMILES string of the molecule is COCc1cccc(C(=O)OCC(=O)Nc2ccc(SC#N)cc2C)c1. The Balaban J connectivity index is 1.91. The Labute approximate surface area is 156 Å². The third kappa shape index (κ3) is 5.62. The number of anilines is 1. The van der Waals surface area contributed by atoms with Gasteiger partial charge in [-0.2, -0.15) is 5.26 Å². The van der Waals surface area contributed by atoms with E-state index in [1.165, 1.54) is 0 Å². The van der Waals surface area contributed by atoms with Crippen LogP contribution in [0.5, 0.6) is 0 Å². The van der Waals surface area contributed by atoms with Crippen LogP contribution >= 0.6 is 11.8 Å². The van der Waals surface area contributed by atoms with Crippen LogP contribution < -0.4 is 5.32 Å². The minimum absolute atomic E-state index is 0.362. The van der Waals surface area contributed by atoms with E-state index in [9.17, 15) is 9.59 Å². The van der Waals surface area contributed by atoms with E-state index in [4.69, 9.17) is 14.7 Å². The van der Waals surface area contributed by atoms with Crippen molar-refractivity contribution in [3.8, 4) is 5.40 Å². The number of nitrogens with zero attached hydrogens (tertiary/aromatic N) is 1. The van der Waals surface area contributed by atoms with Gasteiger partial charge >= 0.3 is 5.97 Å². The molecule has 2 aromatic carbocycles. The molecular formula is C19H18N2O4S. The second-order valence-corrected chi connectivity index (χ2v) is 6.29. The number of nitriles is 1. The van der Waals surface area contributed by atoms with Gasteiger partial charge in [0, 0.05) is 17.7 Å². The van der Waals surface area contributed by atoms with Gasteiger partial charge in [-0.1, -0.05) is 12.1 Å². The molecule has 134 valence electrons. The highest BCUT2D eigenvalue weighted by Gasteiger charge is 2.12. The number of methoxy groups -OCH3 is 1. The van der Waals surface area contributed by atoms with Crippen molar-refractivity contribution in [3.05, 3.63) is 59.2 Å². The molecule has 0 fully saturated rings. The number of ether oxygens (including phenoxy) is 2. The first-order valence-electron chi connectivity index (χ1n) is 7.75. The fourth-order valence-electron chi connectivity index (χ4n) is 2.25. The van der Waals surface area contributed by atoms with Gasteiger partial charge in [0.05, 0.1) is 12.2 Å². The normalized spacial score (nSPS) is 10.0. The summed E-state index contributed by atoms with van der Waals surface area (Å²) in [6.07, 6.45) is 0. The lowest BCUT2D eigenvalue weighted by atomic mass is 10.1. The number of hydrogen-bond donors (Lipinski definition) is 1. The number of thiocyanates is 1. The number of benzene rings is 2. The van der Waals surface area contributed by atoms with Gasteiger partial charge in [0.2, 0.25) is 0 Å². The van der Waals surface area contributed by atoms with E-state index in [-0.39, 0.29) is 6.61 Å². The molecule has 0 atom stereocenters. The van der Waals surface area contributed by atoms with Crippen molar-refractivity contribution >= 4 is 29.3 Å². The van der Waals surface area contributed by atoms with Crippen molar-refractivity contribution in [1.82, 2.24) is 0 Å². The van der Waals surface area contributed by atoms with Crippen LogP contribution in [0.3, 0.4) is 0 Å². The van der Waals surface area contributed by atoms with Crippen LogP contribution in [-0.4, -0.2) is 25.6 Å². The summed E-state index contributed by atoms with van der Waals surface area (Å²) in [6, 6.07) is 12.1. The molecule has 0 heterocycles. The summed E-state index contributed by atoms with van der Waals surface area (Å²) in [5, 5.41) is 13.4. The van der Waals surface area contributed by atoms with E-state index < -0.39 is 11.9 Å². The molecule has 0 aliphatic carbocycles. The number of hydrogen-bond acceptors (Lipinski definition) is 6. The Kier molecular flexibility index (Phi) is 7.21. The number of esters is 1. The summed E-state index contributed by atoms with van der Waals surface area (Å²) in [4.78, 5) is 24.9. The minimum atomic E-state index is -0.574. The Hall–Kier alpha value is -2.82. The lowest BCUT2D eigenvalue weighted by Gasteiger charge is -2.10. The maximum Gasteiger partial charge on any atom is 0.338 e. The Morgan fingerprint density at radius 3 is 2.73 bits per heavy atom. The molecule has 0 radical (unpaired) electrons. The van der Waals surface area contributed by atoms with Gasteiger partial charge in [-0.05, 0) is 60.1 Å². The second kappa shape index (κ2) is 9.61. The molecule has 2 aromatic rings. The van der Waals surface area contributed by atoms with Crippen molar-refractivity contribution < 1.29 is 19.1 Å². The van der Waals surface area contributed by atoms with Crippen molar-refractivity contribution in [2.75, 3.05) is 19.0 Å². The summed E-state index contributed by atoms with van der Waals surface area (Å²) in [7, 11) is 1.57. The fraction of sp³-hybridized carbons (Fsp3) is 0.211. The van der Waals surface area contributed by atoms with Gasteiger partial charge in [-0.3, -0.25) is 4.79 Å². The van der Waals surface area contributed by atoms with Crippen LogP contribution in [0.15, 0.2) is 47.4 Å². The van der Waals surface area contributed by atoms with E-state index in [0.29, 0.717) is 17.9 Å². The average molecular weight is 370 g/mol.